The highest BCUT2D eigenvalue weighted by Crippen LogP contribution is 2.22. The van der Waals surface area contributed by atoms with Gasteiger partial charge in [0.2, 0.25) is 11.8 Å². The van der Waals surface area contributed by atoms with Crippen molar-refractivity contribution < 1.29 is 9.59 Å². The highest BCUT2D eigenvalue weighted by molar-refractivity contribution is 6.33. The van der Waals surface area contributed by atoms with Crippen LogP contribution in [0.4, 0.5) is 5.69 Å². The number of aryl methyl sites for hydroxylation is 1. The van der Waals surface area contributed by atoms with Crippen molar-refractivity contribution in [3.05, 3.63) is 28.8 Å². The first-order valence-corrected chi connectivity index (χ1v) is 7.39. The second-order valence-electron chi connectivity index (χ2n) is 5.46. The van der Waals surface area contributed by atoms with Gasteiger partial charge in [0.05, 0.1) is 17.3 Å². The van der Waals surface area contributed by atoms with Crippen molar-refractivity contribution in [2.24, 2.45) is 11.8 Å². The molecule has 1 saturated heterocycles. The molecule has 1 aromatic carbocycles. The minimum Gasteiger partial charge on any atom is -0.347 e. The van der Waals surface area contributed by atoms with Crippen molar-refractivity contribution in [1.29, 1.82) is 0 Å². The van der Waals surface area contributed by atoms with E-state index in [9.17, 15) is 9.59 Å². The summed E-state index contributed by atoms with van der Waals surface area (Å²) in [6, 6.07) is 5.40. The largest absolute Gasteiger partial charge is 0.347 e. The smallest absolute Gasteiger partial charge is 0.243 e. The molecule has 6 heteroatoms. The molecule has 5 nitrogen and oxygen atoms in total. The lowest BCUT2D eigenvalue weighted by atomic mass is 9.88. The highest BCUT2D eigenvalue weighted by atomic mass is 35.5. The van der Waals surface area contributed by atoms with Crippen LogP contribution in [0, 0.1) is 18.8 Å². The van der Waals surface area contributed by atoms with Gasteiger partial charge in [-0.05, 0) is 43.6 Å². The molecule has 1 aliphatic rings. The molecule has 1 fully saturated rings. The maximum Gasteiger partial charge on any atom is 0.243 e. The number of rotatable bonds is 5. The van der Waals surface area contributed by atoms with Gasteiger partial charge in [-0.1, -0.05) is 24.6 Å². The van der Waals surface area contributed by atoms with Crippen LogP contribution in [0.1, 0.15) is 12.5 Å². The lowest BCUT2D eigenvalue weighted by Gasteiger charge is -2.31. The topological polar surface area (TPSA) is 70.2 Å². The van der Waals surface area contributed by atoms with Crippen molar-refractivity contribution in [2.75, 3.05) is 25.0 Å². The standard InChI is InChI=1S/C15H20ClN3O2/c1-9-3-4-13(12(16)5-9)19-14(20)8-18-15(21)10(2)11-6-17-7-11/h3-5,10-11,17H,6-8H2,1-2H3,(H,18,21)(H,19,20). The minimum atomic E-state index is -0.284. The van der Waals surface area contributed by atoms with Crippen LogP contribution < -0.4 is 16.0 Å². The van der Waals surface area contributed by atoms with Gasteiger partial charge in [0.25, 0.3) is 0 Å². The number of hydrogen-bond donors (Lipinski definition) is 3. The molecule has 1 aromatic rings. The zero-order valence-electron chi connectivity index (χ0n) is 12.2. The fraction of sp³-hybridized carbons (Fsp3) is 0.467. The number of hydrogen-bond acceptors (Lipinski definition) is 3. The van der Waals surface area contributed by atoms with E-state index in [1.54, 1.807) is 12.1 Å². The van der Waals surface area contributed by atoms with Gasteiger partial charge >= 0.3 is 0 Å². The zero-order chi connectivity index (χ0) is 15.4. The second kappa shape index (κ2) is 6.91. The Kier molecular flexibility index (Phi) is 5.20. The Morgan fingerprint density at radius 1 is 1.43 bits per heavy atom. The van der Waals surface area contributed by atoms with E-state index in [4.69, 9.17) is 11.6 Å². The molecule has 0 bridgehead atoms. The van der Waals surface area contributed by atoms with E-state index in [0.29, 0.717) is 16.6 Å². The van der Waals surface area contributed by atoms with Crippen LogP contribution in [0.15, 0.2) is 18.2 Å². The molecule has 114 valence electrons. The van der Waals surface area contributed by atoms with Crippen molar-refractivity contribution >= 4 is 29.1 Å². The van der Waals surface area contributed by atoms with Gasteiger partial charge in [0.15, 0.2) is 0 Å². The maximum atomic E-state index is 11.9. The maximum absolute atomic E-state index is 11.9. The fourth-order valence-electron chi connectivity index (χ4n) is 2.12. The number of nitrogens with one attached hydrogen (secondary N) is 3. The Morgan fingerprint density at radius 2 is 2.14 bits per heavy atom. The molecule has 0 aliphatic carbocycles. The van der Waals surface area contributed by atoms with Gasteiger partial charge in [-0.2, -0.15) is 0 Å². The Labute approximate surface area is 129 Å². The third-order valence-electron chi connectivity index (χ3n) is 3.76. The Hall–Kier alpha value is -1.59. The van der Waals surface area contributed by atoms with Gasteiger partial charge in [-0.3, -0.25) is 9.59 Å². The van der Waals surface area contributed by atoms with Crippen molar-refractivity contribution in [3.8, 4) is 0 Å². The lowest BCUT2D eigenvalue weighted by Crippen LogP contribution is -2.50. The third kappa shape index (κ3) is 4.19. The van der Waals surface area contributed by atoms with Crippen molar-refractivity contribution in [2.45, 2.75) is 13.8 Å². The van der Waals surface area contributed by atoms with E-state index in [2.05, 4.69) is 16.0 Å². The number of halogens is 1. The molecule has 1 atom stereocenters. The molecule has 1 heterocycles. The third-order valence-corrected chi connectivity index (χ3v) is 4.07. The molecular weight excluding hydrogens is 290 g/mol. The van der Waals surface area contributed by atoms with Crippen LogP contribution >= 0.6 is 11.6 Å². The van der Waals surface area contributed by atoms with Gasteiger partial charge in [0, 0.05) is 5.92 Å². The summed E-state index contributed by atoms with van der Waals surface area (Å²) in [7, 11) is 0. The Balaban J connectivity index is 1.80. The van der Waals surface area contributed by atoms with E-state index >= 15 is 0 Å². The van der Waals surface area contributed by atoms with Crippen molar-refractivity contribution in [1.82, 2.24) is 10.6 Å². The zero-order valence-corrected chi connectivity index (χ0v) is 13.0. The Morgan fingerprint density at radius 3 is 2.71 bits per heavy atom. The van der Waals surface area contributed by atoms with E-state index in [-0.39, 0.29) is 24.3 Å². The van der Waals surface area contributed by atoms with Crippen LogP contribution in [0.25, 0.3) is 0 Å². The molecular formula is C15H20ClN3O2. The van der Waals surface area contributed by atoms with Gasteiger partial charge < -0.3 is 16.0 Å². The van der Waals surface area contributed by atoms with E-state index < -0.39 is 0 Å². The van der Waals surface area contributed by atoms with Gasteiger partial charge in [0.1, 0.15) is 0 Å². The molecule has 2 amide bonds. The van der Waals surface area contributed by atoms with E-state index in [1.165, 1.54) is 0 Å². The normalized spacial score (nSPS) is 16.0. The van der Waals surface area contributed by atoms with Crippen LogP contribution in [-0.2, 0) is 9.59 Å². The second-order valence-corrected chi connectivity index (χ2v) is 5.86. The summed E-state index contributed by atoms with van der Waals surface area (Å²) in [5.41, 5.74) is 1.58. The molecule has 2 rings (SSSR count). The molecule has 0 aromatic heterocycles. The average Bonchev–Trinajstić information content (AvgIpc) is 2.37. The highest BCUT2D eigenvalue weighted by Gasteiger charge is 2.28. The van der Waals surface area contributed by atoms with Crippen LogP contribution in [0.3, 0.4) is 0 Å². The molecule has 1 aliphatic heterocycles. The Bertz CT molecular complexity index is 544. The van der Waals surface area contributed by atoms with Crippen LogP contribution in [0.5, 0.6) is 0 Å². The predicted octanol–water partition coefficient (Wildman–Crippen LogP) is 1.56. The first-order valence-electron chi connectivity index (χ1n) is 7.02. The summed E-state index contributed by atoms with van der Waals surface area (Å²) >= 11 is 6.05. The summed E-state index contributed by atoms with van der Waals surface area (Å²) in [6.45, 7) is 5.48. The first kappa shape index (κ1) is 15.8. The number of carbonyl (C=O) groups is 2. The summed E-state index contributed by atoms with van der Waals surface area (Å²) in [5.74, 6) is -0.0960. The molecule has 0 saturated carbocycles. The number of amides is 2. The molecule has 1 unspecified atom stereocenters. The molecule has 3 N–H and O–H groups in total. The van der Waals surface area contributed by atoms with Crippen molar-refractivity contribution in [3.63, 3.8) is 0 Å². The number of benzene rings is 1. The quantitative estimate of drug-likeness (QED) is 0.773. The monoisotopic (exact) mass is 309 g/mol. The minimum absolute atomic E-state index is 0.0481. The average molecular weight is 310 g/mol. The van der Waals surface area contributed by atoms with Gasteiger partial charge in [-0.15, -0.1) is 0 Å². The molecule has 0 spiro atoms. The molecule has 21 heavy (non-hydrogen) atoms. The fourth-order valence-corrected chi connectivity index (χ4v) is 2.41. The SMILES string of the molecule is Cc1ccc(NC(=O)CNC(=O)C(C)C2CNC2)c(Cl)c1. The van der Waals surface area contributed by atoms with E-state index in [0.717, 1.165) is 18.7 Å². The van der Waals surface area contributed by atoms with Crippen LogP contribution in [0.2, 0.25) is 5.02 Å². The lowest BCUT2D eigenvalue weighted by molar-refractivity contribution is -0.128. The van der Waals surface area contributed by atoms with Crippen LogP contribution in [-0.4, -0.2) is 31.4 Å². The summed E-state index contributed by atoms with van der Waals surface area (Å²) in [6.07, 6.45) is 0. The summed E-state index contributed by atoms with van der Waals surface area (Å²) in [4.78, 5) is 23.7. The van der Waals surface area contributed by atoms with E-state index in [1.807, 2.05) is 19.9 Å². The van der Waals surface area contributed by atoms with Gasteiger partial charge in [-0.25, -0.2) is 0 Å². The summed E-state index contributed by atoms with van der Waals surface area (Å²) < 4.78 is 0. The number of anilines is 1. The molecule has 0 radical (unpaired) electrons. The predicted molar refractivity (Wildman–Crippen MR) is 83.4 cm³/mol. The summed E-state index contributed by atoms with van der Waals surface area (Å²) in [5, 5.41) is 8.97. The first-order chi connectivity index (χ1) is 9.97. The number of carbonyl (C=O) groups excluding carboxylic acids is 2.